The minimum atomic E-state index is -1.11. The van der Waals surface area contributed by atoms with E-state index in [1.165, 1.54) is 17.3 Å². The summed E-state index contributed by atoms with van der Waals surface area (Å²) in [6.45, 7) is 5.42. The number of hydrogen-bond acceptors (Lipinski definition) is 3. The van der Waals surface area contributed by atoms with Crippen molar-refractivity contribution in [1.82, 2.24) is 9.88 Å². The van der Waals surface area contributed by atoms with E-state index >= 15 is 0 Å². The van der Waals surface area contributed by atoms with Crippen LogP contribution < -0.4 is 0 Å². The van der Waals surface area contributed by atoms with Gasteiger partial charge in [0.05, 0.1) is 0 Å². The third kappa shape index (κ3) is 2.59. The maximum atomic E-state index is 12.2. The molecule has 0 saturated heterocycles. The number of aliphatic hydroxyl groups excluding tert-OH is 1. The lowest BCUT2D eigenvalue weighted by molar-refractivity contribution is -0.140. The molecule has 1 unspecified atom stereocenters. The van der Waals surface area contributed by atoms with Crippen LogP contribution in [0.25, 0.3) is 0 Å². The van der Waals surface area contributed by atoms with Crippen molar-refractivity contribution in [2.75, 3.05) is 13.1 Å². The molecule has 2 rings (SSSR count). The molecule has 1 aliphatic heterocycles. The molecule has 1 aromatic rings. The Morgan fingerprint density at radius 2 is 2.22 bits per heavy atom. The summed E-state index contributed by atoms with van der Waals surface area (Å²) in [6.07, 6.45) is 2.93. The van der Waals surface area contributed by atoms with Crippen molar-refractivity contribution >= 4 is 5.91 Å². The molecule has 1 amide bonds. The van der Waals surface area contributed by atoms with E-state index in [1.807, 2.05) is 6.92 Å². The summed E-state index contributed by atoms with van der Waals surface area (Å²) < 4.78 is 0. The molecule has 0 radical (unpaired) electrons. The van der Waals surface area contributed by atoms with Crippen molar-refractivity contribution in [3.05, 3.63) is 41.2 Å². The second-order valence-electron chi connectivity index (χ2n) is 4.76. The lowest BCUT2D eigenvalue weighted by Gasteiger charge is -2.30. The molecule has 0 aliphatic carbocycles. The van der Waals surface area contributed by atoms with Crippen LogP contribution in [0.1, 0.15) is 31.9 Å². The van der Waals surface area contributed by atoms with E-state index in [-0.39, 0.29) is 5.91 Å². The fourth-order valence-corrected chi connectivity index (χ4v) is 2.06. The number of amides is 1. The van der Waals surface area contributed by atoms with Crippen molar-refractivity contribution in [3.8, 4) is 0 Å². The van der Waals surface area contributed by atoms with Gasteiger partial charge in [-0.15, -0.1) is 0 Å². The second-order valence-corrected chi connectivity index (χ2v) is 4.76. The highest BCUT2D eigenvalue weighted by molar-refractivity contribution is 5.82. The summed E-state index contributed by atoms with van der Waals surface area (Å²) in [5.74, 6) is -0.241. The van der Waals surface area contributed by atoms with Crippen LogP contribution in [0, 0.1) is 0 Å². The molecule has 1 atom stereocenters. The number of rotatable bonds is 2. The van der Waals surface area contributed by atoms with Crippen molar-refractivity contribution in [1.29, 1.82) is 0 Å². The molecule has 4 heteroatoms. The van der Waals surface area contributed by atoms with Crippen molar-refractivity contribution in [2.45, 2.75) is 26.4 Å². The van der Waals surface area contributed by atoms with Crippen LogP contribution in [0.5, 0.6) is 0 Å². The highest BCUT2D eigenvalue weighted by Crippen LogP contribution is 2.21. The average molecular weight is 246 g/mol. The van der Waals surface area contributed by atoms with Crippen LogP contribution in [-0.2, 0) is 4.79 Å². The fourth-order valence-electron chi connectivity index (χ4n) is 2.06. The van der Waals surface area contributed by atoms with Crippen LogP contribution in [0.3, 0.4) is 0 Å². The summed E-state index contributed by atoms with van der Waals surface area (Å²) in [5.41, 5.74) is 3.11. The Bertz CT molecular complexity index is 468. The lowest BCUT2D eigenvalue weighted by Crippen LogP contribution is -2.39. The van der Waals surface area contributed by atoms with Crippen LogP contribution in [0.2, 0.25) is 0 Å². The molecule has 18 heavy (non-hydrogen) atoms. The number of nitrogens with zero attached hydrogens (tertiary/aromatic N) is 2. The van der Waals surface area contributed by atoms with Gasteiger partial charge in [0.2, 0.25) is 0 Å². The third-order valence-electron chi connectivity index (χ3n) is 3.46. The molecule has 0 fully saturated rings. The standard InChI is InChI=1S/C14H18N2O2/c1-10-5-7-16(9-11(10)2)14(18)13(17)12-4-3-6-15-8-12/h3-4,6,8,13,17H,5,7,9H2,1-2H3. The molecular formula is C14H18N2O2. The van der Waals surface area contributed by atoms with Gasteiger partial charge < -0.3 is 10.0 Å². The Kier molecular flexibility index (Phi) is 3.77. The first-order chi connectivity index (χ1) is 8.59. The van der Waals surface area contributed by atoms with Gasteiger partial charge in [-0.2, -0.15) is 0 Å². The minimum absolute atomic E-state index is 0.241. The Labute approximate surface area is 107 Å². The monoisotopic (exact) mass is 246 g/mol. The van der Waals surface area contributed by atoms with Crippen LogP contribution in [0.4, 0.5) is 0 Å². The zero-order chi connectivity index (χ0) is 13.1. The Morgan fingerprint density at radius 3 is 2.83 bits per heavy atom. The van der Waals surface area contributed by atoms with E-state index in [2.05, 4.69) is 11.9 Å². The number of carbonyl (C=O) groups excluding carboxylic acids is 1. The Morgan fingerprint density at radius 1 is 1.44 bits per heavy atom. The van der Waals surface area contributed by atoms with Gasteiger partial charge >= 0.3 is 0 Å². The Hall–Kier alpha value is -1.68. The first kappa shape index (κ1) is 12.8. The molecular weight excluding hydrogens is 228 g/mol. The lowest BCUT2D eigenvalue weighted by atomic mass is 10.0. The summed E-state index contributed by atoms with van der Waals surface area (Å²) in [6, 6.07) is 3.44. The molecule has 0 saturated carbocycles. The highest BCUT2D eigenvalue weighted by atomic mass is 16.3. The highest BCUT2D eigenvalue weighted by Gasteiger charge is 2.26. The van der Waals surface area contributed by atoms with E-state index in [0.29, 0.717) is 18.7 Å². The molecule has 1 N–H and O–H groups in total. The SMILES string of the molecule is CC1=C(C)CN(C(=O)C(O)c2cccnc2)CC1. The van der Waals surface area contributed by atoms with Crippen molar-refractivity contribution in [2.24, 2.45) is 0 Å². The zero-order valence-electron chi connectivity index (χ0n) is 10.8. The number of hydrogen-bond donors (Lipinski definition) is 1. The molecule has 0 spiro atoms. The number of pyridine rings is 1. The van der Waals surface area contributed by atoms with E-state index in [4.69, 9.17) is 0 Å². The fraction of sp³-hybridized carbons (Fsp3) is 0.429. The smallest absolute Gasteiger partial charge is 0.256 e. The predicted molar refractivity (Wildman–Crippen MR) is 68.8 cm³/mol. The summed E-state index contributed by atoms with van der Waals surface area (Å²) in [5, 5.41) is 10.0. The topological polar surface area (TPSA) is 53.4 Å². The van der Waals surface area contributed by atoms with Gasteiger partial charge in [0.1, 0.15) is 0 Å². The van der Waals surface area contributed by atoms with Crippen molar-refractivity contribution in [3.63, 3.8) is 0 Å². The first-order valence-corrected chi connectivity index (χ1v) is 6.11. The van der Waals surface area contributed by atoms with E-state index < -0.39 is 6.10 Å². The van der Waals surface area contributed by atoms with Gasteiger partial charge in [-0.05, 0) is 26.3 Å². The molecule has 0 bridgehead atoms. The van der Waals surface area contributed by atoms with E-state index in [1.54, 1.807) is 23.2 Å². The van der Waals surface area contributed by atoms with Crippen LogP contribution in [0.15, 0.2) is 35.7 Å². The predicted octanol–water partition coefficient (Wildman–Crippen LogP) is 1.68. The maximum Gasteiger partial charge on any atom is 0.256 e. The first-order valence-electron chi connectivity index (χ1n) is 6.11. The molecule has 1 aliphatic rings. The number of carbonyl (C=O) groups is 1. The maximum absolute atomic E-state index is 12.2. The minimum Gasteiger partial charge on any atom is -0.378 e. The second kappa shape index (κ2) is 5.31. The molecule has 96 valence electrons. The van der Waals surface area contributed by atoms with Gasteiger partial charge in [-0.3, -0.25) is 9.78 Å². The summed E-state index contributed by atoms with van der Waals surface area (Å²) in [4.78, 5) is 17.8. The Balaban J connectivity index is 2.09. The van der Waals surface area contributed by atoms with E-state index in [9.17, 15) is 9.90 Å². The molecule has 4 nitrogen and oxygen atoms in total. The zero-order valence-corrected chi connectivity index (χ0v) is 10.8. The van der Waals surface area contributed by atoms with Crippen LogP contribution >= 0.6 is 0 Å². The molecule has 2 heterocycles. The van der Waals surface area contributed by atoms with Crippen LogP contribution in [-0.4, -0.2) is 34.0 Å². The molecule has 0 aromatic carbocycles. The summed E-state index contributed by atoms with van der Waals surface area (Å²) >= 11 is 0. The van der Waals surface area contributed by atoms with Gasteiger partial charge in [-0.25, -0.2) is 0 Å². The van der Waals surface area contributed by atoms with Gasteiger partial charge in [0.15, 0.2) is 6.10 Å². The number of aliphatic hydroxyl groups is 1. The van der Waals surface area contributed by atoms with Gasteiger partial charge in [0.25, 0.3) is 5.91 Å². The average Bonchev–Trinajstić information content (AvgIpc) is 2.41. The third-order valence-corrected chi connectivity index (χ3v) is 3.46. The quantitative estimate of drug-likeness (QED) is 0.808. The summed E-state index contributed by atoms with van der Waals surface area (Å²) in [7, 11) is 0. The largest absolute Gasteiger partial charge is 0.378 e. The van der Waals surface area contributed by atoms with Gasteiger partial charge in [0, 0.05) is 31.0 Å². The molecule has 1 aromatic heterocycles. The number of aromatic nitrogens is 1. The van der Waals surface area contributed by atoms with E-state index in [0.717, 1.165) is 6.42 Å². The normalized spacial score (nSPS) is 17.8. The van der Waals surface area contributed by atoms with Gasteiger partial charge in [-0.1, -0.05) is 17.2 Å². The van der Waals surface area contributed by atoms with Crippen molar-refractivity contribution < 1.29 is 9.90 Å².